The predicted octanol–water partition coefficient (Wildman–Crippen LogP) is 0.784. The third-order valence-electron chi connectivity index (χ3n) is 3.40. The molecule has 2 rings (SSSR count). The van der Waals surface area contributed by atoms with E-state index in [9.17, 15) is 0 Å². The zero-order valence-corrected chi connectivity index (χ0v) is 10.4. The monoisotopic (exact) mass is 234 g/mol. The van der Waals surface area contributed by atoms with Gasteiger partial charge in [-0.3, -0.25) is 0 Å². The highest BCUT2D eigenvalue weighted by Gasteiger charge is 2.30. The number of nitrogens with two attached hydrogens (primary N) is 2. The Hall–Kier alpha value is -1.26. The molecule has 0 aliphatic carbocycles. The summed E-state index contributed by atoms with van der Waals surface area (Å²) in [6.45, 7) is 4.88. The van der Waals surface area contributed by atoms with Gasteiger partial charge in [0.25, 0.3) is 0 Å². The van der Waals surface area contributed by atoms with Crippen LogP contribution in [0.5, 0.6) is 0 Å². The molecule has 1 aromatic carbocycles. The number of anilines is 2. The number of hydrogen-bond donors (Lipinski definition) is 3. The van der Waals surface area contributed by atoms with E-state index >= 15 is 0 Å². The molecule has 94 valence electrons. The van der Waals surface area contributed by atoms with Crippen molar-refractivity contribution < 1.29 is 0 Å². The number of likely N-dealkylation sites (N-methyl/N-ethyl adjacent to an activating group) is 1. The normalized spacial score (nSPS) is 24.2. The topological polar surface area (TPSA) is 67.3 Å². The summed E-state index contributed by atoms with van der Waals surface area (Å²) in [5.41, 5.74) is 13.6. The molecule has 0 saturated carbocycles. The van der Waals surface area contributed by atoms with Crippen molar-refractivity contribution in [2.45, 2.75) is 25.4 Å². The fraction of sp³-hybridized carbons (Fsp3) is 0.538. The second-order valence-corrected chi connectivity index (χ2v) is 4.62. The van der Waals surface area contributed by atoms with E-state index in [0.717, 1.165) is 25.2 Å². The Balaban J connectivity index is 2.11. The van der Waals surface area contributed by atoms with E-state index in [2.05, 4.69) is 29.3 Å². The zero-order valence-electron chi connectivity index (χ0n) is 10.4. The van der Waals surface area contributed by atoms with Crippen molar-refractivity contribution in [3.05, 3.63) is 24.3 Å². The first-order valence-corrected chi connectivity index (χ1v) is 6.30. The lowest BCUT2D eigenvalue weighted by Gasteiger charge is -2.25. The third kappa shape index (κ3) is 2.70. The Labute approximate surface area is 103 Å². The molecular formula is C13H22N4. The van der Waals surface area contributed by atoms with Crippen molar-refractivity contribution in [3.63, 3.8) is 0 Å². The van der Waals surface area contributed by atoms with Crippen molar-refractivity contribution in [1.82, 2.24) is 5.32 Å². The molecule has 0 radical (unpaired) electrons. The average Bonchev–Trinajstić information content (AvgIpc) is 2.74. The molecule has 1 heterocycles. The lowest BCUT2D eigenvalue weighted by atomic mass is 10.1. The van der Waals surface area contributed by atoms with Crippen LogP contribution in [0.1, 0.15) is 13.3 Å². The Morgan fingerprint density at radius 1 is 1.35 bits per heavy atom. The van der Waals surface area contributed by atoms with Gasteiger partial charge in [-0.1, -0.05) is 6.92 Å². The molecule has 2 atom stereocenters. The number of nitrogens with one attached hydrogen (secondary N) is 1. The summed E-state index contributed by atoms with van der Waals surface area (Å²) in [5.74, 6) is 0. The van der Waals surface area contributed by atoms with Gasteiger partial charge in [-0.2, -0.15) is 0 Å². The number of nitrogen functional groups attached to an aromatic ring is 1. The molecule has 1 aromatic rings. The highest BCUT2D eigenvalue weighted by molar-refractivity contribution is 5.54. The maximum Gasteiger partial charge on any atom is 0.0428 e. The maximum absolute atomic E-state index is 5.86. The summed E-state index contributed by atoms with van der Waals surface area (Å²) >= 11 is 0. The van der Waals surface area contributed by atoms with Crippen molar-refractivity contribution in [2.24, 2.45) is 5.73 Å². The minimum atomic E-state index is 0.433. The van der Waals surface area contributed by atoms with Gasteiger partial charge in [-0.15, -0.1) is 0 Å². The predicted molar refractivity (Wildman–Crippen MR) is 73.1 cm³/mol. The molecule has 1 fully saturated rings. The molecule has 1 aliphatic heterocycles. The fourth-order valence-electron chi connectivity index (χ4n) is 2.56. The number of hydrogen-bond acceptors (Lipinski definition) is 4. The maximum atomic E-state index is 5.86. The molecular weight excluding hydrogens is 212 g/mol. The molecule has 1 aliphatic rings. The Bertz CT molecular complexity index is 349. The van der Waals surface area contributed by atoms with Gasteiger partial charge in [0.1, 0.15) is 0 Å². The molecule has 0 bridgehead atoms. The smallest absolute Gasteiger partial charge is 0.0428 e. The summed E-state index contributed by atoms with van der Waals surface area (Å²) in [6, 6.07) is 9.03. The highest BCUT2D eigenvalue weighted by atomic mass is 15.2. The van der Waals surface area contributed by atoms with Gasteiger partial charge in [-0.25, -0.2) is 0 Å². The standard InChI is InChI=1S/C13H22N4/c1-2-16-11-7-13(8-14)17(9-11)12-5-3-10(15)4-6-12/h3-6,11,13,16H,2,7-9,14-15H2,1H3. The van der Waals surface area contributed by atoms with E-state index < -0.39 is 0 Å². The molecule has 0 amide bonds. The van der Waals surface area contributed by atoms with Crippen molar-refractivity contribution >= 4 is 11.4 Å². The molecule has 4 nitrogen and oxygen atoms in total. The molecule has 1 saturated heterocycles. The van der Waals surface area contributed by atoms with Gasteiger partial charge in [0, 0.05) is 36.5 Å². The average molecular weight is 234 g/mol. The van der Waals surface area contributed by atoms with Crippen LogP contribution in [0.25, 0.3) is 0 Å². The van der Waals surface area contributed by atoms with Gasteiger partial charge < -0.3 is 21.7 Å². The summed E-state index contributed by atoms with van der Waals surface area (Å²) in [4.78, 5) is 2.38. The minimum Gasteiger partial charge on any atom is -0.399 e. The fourth-order valence-corrected chi connectivity index (χ4v) is 2.56. The molecule has 2 unspecified atom stereocenters. The van der Waals surface area contributed by atoms with Crippen LogP contribution in [-0.4, -0.2) is 31.7 Å². The number of rotatable bonds is 4. The van der Waals surface area contributed by atoms with Crippen LogP contribution in [0.3, 0.4) is 0 Å². The van der Waals surface area contributed by atoms with Gasteiger partial charge in [0.05, 0.1) is 0 Å². The summed E-state index contributed by atoms with van der Waals surface area (Å²) < 4.78 is 0. The van der Waals surface area contributed by atoms with Crippen molar-refractivity contribution in [1.29, 1.82) is 0 Å². The van der Waals surface area contributed by atoms with E-state index in [1.54, 1.807) is 0 Å². The van der Waals surface area contributed by atoms with Crippen LogP contribution in [-0.2, 0) is 0 Å². The zero-order chi connectivity index (χ0) is 12.3. The van der Waals surface area contributed by atoms with Crippen LogP contribution in [0.15, 0.2) is 24.3 Å². The summed E-state index contributed by atoms with van der Waals surface area (Å²) in [7, 11) is 0. The molecule has 5 N–H and O–H groups in total. The summed E-state index contributed by atoms with van der Waals surface area (Å²) in [5, 5.41) is 3.50. The van der Waals surface area contributed by atoms with E-state index in [0.29, 0.717) is 18.6 Å². The molecule has 0 spiro atoms. The van der Waals surface area contributed by atoms with Crippen LogP contribution in [0.2, 0.25) is 0 Å². The quantitative estimate of drug-likeness (QED) is 0.674. The van der Waals surface area contributed by atoms with Gasteiger partial charge in [0.15, 0.2) is 0 Å². The molecule has 17 heavy (non-hydrogen) atoms. The summed E-state index contributed by atoms with van der Waals surface area (Å²) in [6.07, 6.45) is 1.12. The second kappa shape index (κ2) is 5.38. The second-order valence-electron chi connectivity index (χ2n) is 4.62. The van der Waals surface area contributed by atoms with Crippen LogP contribution in [0, 0.1) is 0 Å². The van der Waals surface area contributed by atoms with E-state index in [4.69, 9.17) is 11.5 Å². The minimum absolute atomic E-state index is 0.433. The molecule has 0 aromatic heterocycles. The van der Waals surface area contributed by atoms with Gasteiger partial charge in [-0.05, 0) is 37.2 Å². The first-order valence-electron chi connectivity index (χ1n) is 6.30. The van der Waals surface area contributed by atoms with Crippen LogP contribution in [0.4, 0.5) is 11.4 Å². The number of nitrogens with zero attached hydrogens (tertiary/aromatic N) is 1. The Kier molecular flexibility index (Phi) is 3.86. The van der Waals surface area contributed by atoms with E-state index in [-0.39, 0.29) is 0 Å². The number of benzene rings is 1. The lowest BCUT2D eigenvalue weighted by Crippen LogP contribution is -2.36. The van der Waals surface area contributed by atoms with Crippen LogP contribution < -0.4 is 21.7 Å². The molecule has 4 heteroatoms. The lowest BCUT2D eigenvalue weighted by molar-refractivity contribution is 0.549. The first-order chi connectivity index (χ1) is 8.24. The largest absolute Gasteiger partial charge is 0.399 e. The van der Waals surface area contributed by atoms with Crippen molar-refractivity contribution in [3.8, 4) is 0 Å². The van der Waals surface area contributed by atoms with Crippen LogP contribution >= 0.6 is 0 Å². The van der Waals surface area contributed by atoms with E-state index in [1.807, 2.05) is 12.1 Å². The third-order valence-corrected chi connectivity index (χ3v) is 3.40. The Morgan fingerprint density at radius 2 is 2.06 bits per heavy atom. The SMILES string of the molecule is CCNC1CC(CN)N(c2ccc(N)cc2)C1. The highest BCUT2D eigenvalue weighted by Crippen LogP contribution is 2.25. The van der Waals surface area contributed by atoms with Crippen molar-refractivity contribution in [2.75, 3.05) is 30.3 Å². The van der Waals surface area contributed by atoms with E-state index in [1.165, 1.54) is 5.69 Å². The first kappa shape index (κ1) is 12.2. The van der Waals surface area contributed by atoms with Gasteiger partial charge >= 0.3 is 0 Å². The Morgan fingerprint density at radius 3 is 2.65 bits per heavy atom. The van der Waals surface area contributed by atoms with Gasteiger partial charge in [0.2, 0.25) is 0 Å².